The number of halogens is 6. The number of pyridine rings is 4. The molecule has 0 amide bonds. The number of hydrogen-bond acceptors (Lipinski definition) is 14. The molecule has 3 N–H and O–H groups in total. The second kappa shape index (κ2) is 19.2. The van der Waals surface area contributed by atoms with E-state index in [0.717, 1.165) is 35.9 Å². The first-order valence-electron chi connectivity index (χ1n) is 21.3. The van der Waals surface area contributed by atoms with Gasteiger partial charge in [-0.1, -0.05) is 5.16 Å². The van der Waals surface area contributed by atoms with E-state index < -0.39 is 47.5 Å². The number of hydroxylamine groups is 1. The molecule has 8 aromatic rings. The molecule has 0 aliphatic carbocycles. The van der Waals surface area contributed by atoms with E-state index in [9.17, 15) is 31.1 Å². The van der Waals surface area contributed by atoms with Crippen molar-refractivity contribution in [2.45, 2.75) is 58.3 Å². The lowest BCUT2D eigenvalue weighted by Gasteiger charge is -2.27. The molecule has 9 rings (SSSR count). The fraction of sp³-hybridized carbons (Fsp3) is 0.283. The Bertz CT molecular complexity index is 3350. The largest absolute Gasteiger partial charge is 0.479 e. The number of nitrogens with one attached hydrogen (secondary N) is 1. The van der Waals surface area contributed by atoms with Crippen LogP contribution in [0.2, 0.25) is 0 Å². The van der Waals surface area contributed by atoms with E-state index in [4.69, 9.17) is 29.9 Å². The summed E-state index contributed by atoms with van der Waals surface area (Å²) in [5, 5.41) is 4.22. The molecule has 1 aliphatic rings. The maximum atomic E-state index is 13.3. The van der Waals surface area contributed by atoms with Crippen LogP contribution in [0.15, 0.2) is 96.4 Å². The number of aryl methyl sites for hydroxylation is 4. The SMILES string of the molecule is COc1nc(/C(N)=N/OC(C)C(=O)c2cn(C)c3ncc(C(F)(F)F)cc23)ccc1-n1cnc(C)c1.COc1nc(C2=NC(c3cn(C)c4ncc(C(F)(F)F)cc34)C(C)ON2)ccc1-n1cnc(C)c1. The highest BCUT2D eigenvalue weighted by atomic mass is 19.4. The summed E-state index contributed by atoms with van der Waals surface area (Å²) in [6.45, 7) is 6.93. The predicted octanol–water partition coefficient (Wildman–Crippen LogP) is 7.30. The lowest BCUT2D eigenvalue weighted by molar-refractivity contribution is -0.138. The second-order valence-corrected chi connectivity index (χ2v) is 16.3. The topological polar surface area (TPSA) is 214 Å². The van der Waals surface area contributed by atoms with Gasteiger partial charge in [0.05, 0.1) is 49.4 Å². The van der Waals surface area contributed by atoms with Gasteiger partial charge >= 0.3 is 12.4 Å². The zero-order valence-corrected chi connectivity index (χ0v) is 39.1. The molecule has 0 aromatic carbocycles. The van der Waals surface area contributed by atoms with Gasteiger partial charge < -0.3 is 38.3 Å². The molecule has 370 valence electrons. The maximum Gasteiger partial charge on any atom is 0.417 e. The highest BCUT2D eigenvalue weighted by molar-refractivity contribution is 6.09. The number of hydrogen-bond donors (Lipinski definition) is 2. The summed E-state index contributed by atoms with van der Waals surface area (Å²) in [6.07, 6.45) is 0.890. The first kappa shape index (κ1) is 49.1. The van der Waals surface area contributed by atoms with Crippen LogP contribution in [0, 0.1) is 13.8 Å². The molecule has 0 fully saturated rings. The third-order valence-electron chi connectivity index (χ3n) is 11.2. The first-order chi connectivity index (χ1) is 33.6. The van der Waals surface area contributed by atoms with E-state index in [1.54, 1.807) is 78.0 Å². The zero-order chi connectivity index (χ0) is 51.1. The lowest BCUT2D eigenvalue weighted by Crippen LogP contribution is -2.38. The number of carbonyl (C=O) groups is 1. The molecule has 0 radical (unpaired) electrons. The van der Waals surface area contributed by atoms with Crippen molar-refractivity contribution in [1.29, 1.82) is 0 Å². The Morgan fingerprint density at radius 3 is 1.90 bits per heavy atom. The number of amidine groups is 2. The van der Waals surface area contributed by atoms with Crippen molar-refractivity contribution in [3.8, 4) is 23.1 Å². The average molecular weight is 987 g/mol. The Labute approximate surface area is 399 Å². The van der Waals surface area contributed by atoms with Crippen LogP contribution in [0.1, 0.15) is 69.7 Å². The number of fused-ring (bicyclic) bond motifs is 2. The smallest absolute Gasteiger partial charge is 0.417 e. The number of carbonyl (C=O) groups excluding carboxylic acids is 1. The summed E-state index contributed by atoms with van der Waals surface area (Å²) in [5.74, 6) is 0.228. The summed E-state index contributed by atoms with van der Waals surface area (Å²) in [6, 6.07) is 8.27. The summed E-state index contributed by atoms with van der Waals surface area (Å²) in [7, 11) is 6.27. The maximum absolute atomic E-state index is 13.3. The van der Waals surface area contributed by atoms with Gasteiger partial charge in [-0.25, -0.2) is 35.4 Å². The van der Waals surface area contributed by atoms with E-state index in [1.807, 2.05) is 26.1 Å². The molecule has 3 unspecified atom stereocenters. The summed E-state index contributed by atoms with van der Waals surface area (Å²) >= 11 is 0. The van der Waals surface area contributed by atoms with Gasteiger partial charge in [-0.2, -0.15) is 26.3 Å². The van der Waals surface area contributed by atoms with E-state index in [0.29, 0.717) is 45.4 Å². The lowest BCUT2D eigenvalue weighted by atomic mass is 10.0. The van der Waals surface area contributed by atoms with E-state index in [-0.39, 0.29) is 34.0 Å². The molecule has 1 aliphatic heterocycles. The molecule has 0 saturated carbocycles. The molecule has 19 nitrogen and oxygen atoms in total. The molecule has 8 aromatic heterocycles. The Kier molecular flexibility index (Phi) is 13.3. The molecule has 25 heteroatoms. The van der Waals surface area contributed by atoms with Crippen LogP contribution in [0.3, 0.4) is 0 Å². The van der Waals surface area contributed by atoms with Crippen LogP contribution in [-0.4, -0.2) is 92.1 Å². The van der Waals surface area contributed by atoms with Crippen molar-refractivity contribution in [2.24, 2.45) is 30.0 Å². The predicted molar refractivity (Wildman–Crippen MR) is 245 cm³/mol. The molecule has 9 heterocycles. The Balaban J connectivity index is 0.000000190. The molecule has 3 atom stereocenters. The van der Waals surface area contributed by atoms with Crippen LogP contribution in [0.5, 0.6) is 11.8 Å². The Morgan fingerprint density at radius 2 is 1.34 bits per heavy atom. The van der Waals surface area contributed by atoms with E-state index >= 15 is 0 Å². The Hall–Kier alpha value is -8.35. The number of alkyl halides is 6. The third kappa shape index (κ3) is 10.1. The van der Waals surface area contributed by atoms with Gasteiger partial charge in [0.15, 0.2) is 17.8 Å². The summed E-state index contributed by atoms with van der Waals surface area (Å²) in [5.41, 5.74) is 11.9. The minimum Gasteiger partial charge on any atom is -0.479 e. The molecule has 0 saturated heterocycles. The van der Waals surface area contributed by atoms with Gasteiger partial charge in [-0.05, 0) is 64.1 Å². The van der Waals surface area contributed by atoms with Crippen molar-refractivity contribution in [3.05, 3.63) is 131 Å². The number of methoxy groups -OCH3 is 2. The Morgan fingerprint density at radius 1 is 0.789 bits per heavy atom. The normalized spacial score (nSPS) is 15.7. The minimum absolute atomic E-state index is 0.0205. The highest BCUT2D eigenvalue weighted by Crippen LogP contribution is 2.37. The monoisotopic (exact) mass is 986 g/mol. The fourth-order valence-electron chi connectivity index (χ4n) is 7.61. The molecule has 0 bridgehead atoms. The van der Waals surface area contributed by atoms with Gasteiger partial charge in [-0.3, -0.25) is 14.6 Å². The second-order valence-electron chi connectivity index (χ2n) is 16.3. The fourth-order valence-corrected chi connectivity index (χ4v) is 7.61. The van der Waals surface area contributed by atoms with Gasteiger partial charge in [0.2, 0.25) is 17.5 Å². The van der Waals surface area contributed by atoms with Gasteiger partial charge in [0.1, 0.15) is 46.2 Å². The molecular weight excluding hydrogens is 943 g/mol. The van der Waals surface area contributed by atoms with Crippen LogP contribution >= 0.6 is 0 Å². The number of nitrogens with two attached hydrogens (primary N) is 1. The number of Topliss-reactive ketones (excluding diaryl/α,β-unsaturated/α-hetero) is 1. The van der Waals surface area contributed by atoms with Crippen LogP contribution in [-0.2, 0) is 36.1 Å². The van der Waals surface area contributed by atoms with Gasteiger partial charge in [0.25, 0.3) is 0 Å². The van der Waals surface area contributed by atoms with Crippen molar-refractivity contribution in [2.75, 3.05) is 14.2 Å². The van der Waals surface area contributed by atoms with Crippen molar-refractivity contribution >= 4 is 39.5 Å². The third-order valence-corrected chi connectivity index (χ3v) is 11.2. The minimum atomic E-state index is -4.60. The zero-order valence-electron chi connectivity index (χ0n) is 39.1. The van der Waals surface area contributed by atoms with Crippen molar-refractivity contribution in [1.82, 2.24) is 53.7 Å². The average Bonchev–Trinajstić information content (AvgIpc) is 4.14. The van der Waals surface area contributed by atoms with Crippen molar-refractivity contribution < 1.29 is 50.3 Å². The number of nitrogens with zero attached hydrogens (tertiary/aromatic N) is 12. The van der Waals surface area contributed by atoms with Gasteiger partial charge in [0, 0.05) is 73.2 Å². The van der Waals surface area contributed by atoms with E-state index in [1.165, 1.54) is 31.9 Å². The number of rotatable bonds is 11. The van der Waals surface area contributed by atoms with Crippen LogP contribution < -0.4 is 20.7 Å². The number of aromatic nitrogens is 10. The number of ketones is 1. The number of ether oxygens (including phenoxy) is 2. The number of aliphatic imine (C=N–C) groups is 1. The van der Waals surface area contributed by atoms with Crippen molar-refractivity contribution in [3.63, 3.8) is 0 Å². The summed E-state index contributed by atoms with van der Waals surface area (Å²) in [4.78, 5) is 53.9. The standard InChI is InChI=1S/C23H22F3N7O3.C23H22F3N7O2/c1-12-9-33(11-29-12)18-6-5-17(30-22(18)35-4)20(27)31-36-13(2)19(34)16-10-32(3)21-15(16)7-14(8-28-21)23(24,25)26;1-12-9-33(11-28-12)18-6-5-17(29-22(18)34-4)20-30-19(13(2)35-31-20)16-10-32(3)21-15(16)7-14(8-27-21)23(24,25)26/h5-11,13H,1-4H3,(H2,27,31);5-11,13,19H,1-4H3,(H,30,31). The quantitative estimate of drug-likeness (QED) is 0.0429. The highest BCUT2D eigenvalue weighted by Gasteiger charge is 2.35. The number of imidazole rings is 2. The van der Waals surface area contributed by atoms with Crippen LogP contribution in [0.4, 0.5) is 26.3 Å². The molecular formula is C46H44F6N14O5. The molecule has 0 spiro atoms. The first-order valence-corrected chi connectivity index (χ1v) is 21.3. The van der Waals surface area contributed by atoms with Gasteiger partial charge in [-0.15, -0.1) is 0 Å². The number of oxime groups is 1. The van der Waals surface area contributed by atoms with E-state index in [2.05, 4.69) is 40.5 Å². The summed E-state index contributed by atoms with van der Waals surface area (Å²) < 4.78 is 97.0. The molecule has 71 heavy (non-hydrogen) atoms. The van der Waals surface area contributed by atoms with Crippen LogP contribution in [0.25, 0.3) is 33.4 Å².